The zero-order valence-electron chi connectivity index (χ0n) is 14.5. The van der Waals surface area contributed by atoms with Crippen molar-refractivity contribution < 1.29 is 13.9 Å². The lowest BCUT2D eigenvalue weighted by atomic mass is 10.3. The molecule has 8 nitrogen and oxygen atoms in total. The fraction of sp³-hybridized carbons (Fsp3) is 0.278. The first-order valence-corrected chi connectivity index (χ1v) is 8.39. The molecule has 0 amide bonds. The quantitative estimate of drug-likeness (QED) is 0.568. The van der Waals surface area contributed by atoms with Crippen LogP contribution in [0.5, 0.6) is 11.8 Å². The van der Waals surface area contributed by atoms with Crippen molar-refractivity contribution in [2.24, 2.45) is 5.73 Å². The van der Waals surface area contributed by atoms with Gasteiger partial charge in [0.2, 0.25) is 11.8 Å². The number of imidazole rings is 1. The van der Waals surface area contributed by atoms with Gasteiger partial charge < -0.3 is 19.6 Å². The van der Waals surface area contributed by atoms with Crippen LogP contribution in [0.15, 0.2) is 41.1 Å². The van der Waals surface area contributed by atoms with Gasteiger partial charge in [-0.25, -0.2) is 14.5 Å². The summed E-state index contributed by atoms with van der Waals surface area (Å²) >= 11 is 0. The molecule has 0 aliphatic rings. The Morgan fingerprint density at radius 3 is 2.92 bits per heavy atom. The van der Waals surface area contributed by atoms with Crippen LogP contribution in [-0.2, 0) is 0 Å². The zero-order chi connectivity index (χ0) is 18.1. The van der Waals surface area contributed by atoms with Crippen LogP contribution < -0.4 is 15.2 Å². The highest BCUT2D eigenvalue weighted by Gasteiger charge is 2.16. The first kappa shape index (κ1) is 16.3. The summed E-state index contributed by atoms with van der Waals surface area (Å²) in [5.41, 5.74) is 7.57. The van der Waals surface area contributed by atoms with Gasteiger partial charge >= 0.3 is 0 Å². The Morgan fingerprint density at radius 1 is 1.23 bits per heavy atom. The molecule has 8 heteroatoms. The minimum Gasteiger partial charge on any atom is -0.475 e. The van der Waals surface area contributed by atoms with E-state index >= 15 is 0 Å². The highest BCUT2D eigenvalue weighted by atomic mass is 16.5. The maximum absolute atomic E-state index is 5.98. The summed E-state index contributed by atoms with van der Waals surface area (Å²) in [7, 11) is 0. The Morgan fingerprint density at radius 2 is 2.12 bits per heavy atom. The minimum atomic E-state index is 0.0196. The van der Waals surface area contributed by atoms with E-state index < -0.39 is 0 Å². The molecule has 0 saturated heterocycles. The second kappa shape index (κ2) is 6.64. The van der Waals surface area contributed by atoms with E-state index in [4.69, 9.17) is 19.6 Å². The highest BCUT2D eigenvalue weighted by Crippen LogP contribution is 2.32. The third-order valence-corrected chi connectivity index (χ3v) is 3.71. The van der Waals surface area contributed by atoms with Crippen molar-refractivity contribution in [3.8, 4) is 23.2 Å². The van der Waals surface area contributed by atoms with Crippen LogP contribution in [0, 0.1) is 0 Å². The van der Waals surface area contributed by atoms with Crippen molar-refractivity contribution in [2.45, 2.75) is 20.0 Å². The van der Waals surface area contributed by atoms with E-state index in [2.05, 4.69) is 15.1 Å². The van der Waals surface area contributed by atoms with Crippen molar-refractivity contribution in [3.05, 3.63) is 36.7 Å². The van der Waals surface area contributed by atoms with Crippen LogP contribution >= 0.6 is 0 Å². The van der Waals surface area contributed by atoms with Gasteiger partial charge in [-0.2, -0.15) is 0 Å². The molecule has 0 saturated carbocycles. The van der Waals surface area contributed by atoms with E-state index in [0.717, 1.165) is 5.39 Å². The summed E-state index contributed by atoms with van der Waals surface area (Å²) in [6, 6.07) is 7.29. The molecule has 0 aromatic carbocycles. The Bertz CT molecular complexity index is 1050. The number of aromatic nitrogens is 4. The van der Waals surface area contributed by atoms with Crippen LogP contribution in [0.2, 0.25) is 0 Å². The van der Waals surface area contributed by atoms with Crippen LogP contribution in [0.1, 0.15) is 13.8 Å². The molecule has 0 radical (unpaired) electrons. The molecule has 4 heterocycles. The maximum atomic E-state index is 5.98. The van der Waals surface area contributed by atoms with Crippen molar-refractivity contribution in [2.75, 3.05) is 13.2 Å². The maximum Gasteiger partial charge on any atom is 0.231 e. The molecular weight excluding hydrogens is 334 g/mol. The standard InChI is InChI=1S/C18H19N5O3/c1-11(2)25-18-12-9-15(26-14(12)5-7-20-18)13-10-21-16-3-4-17(22-23(13)16)24-8-6-19/h3-5,7,9-11H,6,8,19H2,1-2H3. The number of hydrogen-bond acceptors (Lipinski definition) is 7. The lowest BCUT2D eigenvalue weighted by Gasteiger charge is -2.08. The zero-order valence-corrected chi connectivity index (χ0v) is 14.5. The number of furan rings is 1. The SMILES string of the molecule is CC(C)Oc1nccc2oc(-c3cnc4ccc(OCCN)nn34)cc12. The number of ether oxygens (including phenoxy) is 2. The van der Waals surface area contributed by atoms with Gasteiger partial charge in [0.05, 0.1) is 17.7 Å². The van der Waals surface area contributed by atoms with Gasteiger partial charge in [0.1, 0.15) is 17.9 Å². The number of nitrogens with zero attached hydrogens (tertiary/aromatic N) is 4. The molecule has 0 aliphatic carbocycles. The number of hydrogen-bond donors (Lipinski definition) is 1. The third-order valence-electron chi connectivity index (χ3n) is 3.71. The highest BCUT2D eigenvalue weighted by molar-refractivity contribution is 5.86. The number of nitrogens with two attached hydrogens (primary N) is 1. The molecular formula is C18H19N5O3. The molecule has 134 valence electrons. The Hall–Kier alpha value is -3.13. The van der Waals surface area contributed by atoms with Crippen molar-refractivity contribution in [1.82, 2.24) is 19.6 Å². The van der Waals surface area contributed by atoms with E-state index in [-0.39, 0.29) is 6.10 Å². The molecule has 4 rings (SSSR count). The molecule has 26 heavy (non-hydrogen) atoms. The second-order valence-corrected chi connectivity index (χ2v) is 6.03. The van der Waals surface area contributed by atoms with Gasteiger partial charge in [0.25, 0.3) is 0 Å². The molecule has 0 unspecified atom stereocenters. The Kier molecular flexibility index (Phi) is 4.18. The first-order chi connectivity index (χ1) is 12.7. The fourth-order valence-electron chi connectivity index (χ4n) is 2.65. The number of pyridine rings is 1. The topological polar surface area (TPSA) is 101 Å². The predicted molar refractivity (Wildman–Crippen MR) is 96.3 cm³/mol. The molecule has 0 spiro atoms. The van der Waals surface area contributed by atoms with Crippen LogP contribution in [-0.4, -0.2) is 38.8 Å². The van der Waals surface area contributed by atoms with Crippen molar-refractivity contribution in [3.63, 3.8) is 0 Å². The van der Waals surface area contributed by atoms with E-state index in [1.807, 2.05) is 26.0 Å². The van der Waals surface area contributed by atoms with E-state index in [1.165, 1.54) is 0 Å². The summed E-state index contributed by atoms with van der Waals surface area (Å²) in [6.07, 6.45) is 3.40. The largest absolute Gasteiger partial charge is 0.475 e. The van der Waals surface area contributed by atoms with Crippen LogP contribution in [0.25, 0.3) is 28.1 Å². The normalized spacial score (nSPS) is 11.5. The summed E-state index contributed by atoms with van der Waals surface area (Å²) in [5.74, 6) is 1.64. The van der Waals surface area contributed by atoms with Gasteiger partial charge in [-0.05, 0) is 26.0 Å². The van der Waals surface area contributed by atoms with Crippen LogP contribution in [0.4, 0.5) is 0 Å². The summed E-state index contributed by atoms with van der Waals surface area (Å²) in [4.78, 5) is 8.67. The lowest BCUT2D eigenvalue weighted by molar-refractivity contribution is 0.236. The van der Waals surface area contributed by atoms with Gasteiger partial charge in [0.15, 0.2) is 11.4 Å². The summed E-state index contributed by atoms with van der Waals surface area (Å²) < 4.78 is 18.9. The van der Waals surface area contributed by atoms with E-state index in [0.29, 0.717) is 47.6 Å². The van der Waals surface area contributed by atoms with Gasteiger partial charge in [-0.15, -0.1) is 5.10 Å². The smallest absolute Gasteiger partial charge is 0.231 e. The molecule has 0 fully saturated rings. The Labute approximate surface area is 149 Å². The fourth-order valence-corrected chi connectivity index (χ4v) is 2.65. The second-order valence-electron chi connectivity index (χ2n) is 6.03. The minimum absolute atomic E-state index is 0.0196. The number of rotatable bonds is 6. The van der Waals surface area contributed by atoms with E-state index in [9.17, 15) is 0 Å². The monoisotopic (exact) mass is 353 g/mol. The molecule has 4 aromatic rings. The molecule has 0 bridgehead atoms. The molecule has 4 aromatic heterocycles. The lowest BCUT2D eigenvalue weighted by Crippen LogP contribution is -2.12. The van der Waals surface area contributed by atoms with E-state index in [1.54, 1.807) is 29.0 Å². The van der Waals surface area contributed by atoms with Gasteiger partial charge in [-0.1, -0.05) is 0 Å². The summed E-state index contributed by atoms with van der Waals surface area (Å²) in [6.45, 7) is 4.73. The Balaban J connectivity index is 1.79. The average molecular weight is 353 g/mol. The molecule has 0 atom stereocenters. The van der Waals surface area contributed by atoms with Gasteiger partial charge in [-0.3, -0.25) is 0 Å². The molecule has 0 aliphatic heterocycles. The number of fused-ring (bicyclic) bond motifs is 2. The predicted octanol–water partition coefficient (Wildman–Crippen LogP) is 2.66. The van der Waals surface area contributed by atoms with Crippen LogP contribution in [0.3, 0.4) is 0 Å². The third kappa shape index (κ3) is 2.95. The van der Waals surface area contributed by atoms with Crippen molar-refractivity contribution in [1.29, 1.82) is 0 Å². The van der Waals surface area contributed by atoms with Gasteiger partial charge in [0, 0.05) is 24.9 Å². The average Bonchev–Trinajstić information content (AvgIpc) is 3.23. The van der Waals surface area contributed by atoms with Crippen molar-refractivity contribution >= 4 is 16.6 Å². The summed E-state index contributed by atoms with van der Waals surface area (Å²) in [5, 5.41) is 5.27. The molecule has 2 N–H and O–H groups in total. The first-order valence-electron chi connectivity index (χ1n) is 8.39.